The molecule has 156 valence electrons. The molecule has 1 heterocycles. The van der Waals surface area contributed by atoms with Crippen LogP contribution >= 0.6 is 0 Å². The van der Waals surface area contributed by atoms with Crippen LogP contribution in [0.1, 0.15) is 5.56 Å². The Hall–Kier alpha value is -3.73. The van der Waals surface area contributed by atoms with Crippen molar-refractivity contribution in [2.45, 2.75) is 0 Å². The van der Waals surface area contributed by atoms with E-state index in [1.807, 2.05) is 30.3 Å². The van der Waals surface area contributed by atoms with Gasteiger partial charge in [-0.2, -0.15) is 5.26 Å². The zero-order valence-corrected chi connectivity index (χ0v) is 16.7. The predicted molar refractivity (Wildman–Crippen MR) is 109 cm³/mol. The molecule has 0 radical (unpaired) electrons. The maximum absolute atomic E-state index is 12.3. The van der Waals surface area contributed by atoms with Gasteiger partial charge in [-0.25, -0.2) is 4.79 Å². The van der Waals surface area contributed by atoms with Crippen LogP contribution < -0.4 is 14.4 Å². The highest BCUT2D eigenvalue weighted by Crippen LogP contribution is 2.28. The molecule has 0 N–H and O–H groups in total. The summed E-state index contributed by atoms with van der Waals surface area (Å²) in [6.45, 7) is 1.79. The summed E-state index contributed by atoms with van der Waals surface area (Å²) in [5.41, 5.74) is 1.50. The van der Waals surface area contributed by atoms with Crippen LogP contribution in [-0.2, 0) is 14.3 Å². The Morgan fingerprint density at radius 3 is 2.37 bits per heavy atom. The number of ether oxygens (including phenoxy) is 3. The van der Waals surface area contributed by atoms with Crippen molar-refractivity contribution in [2.75, 3.05) is 51.4 Å². The number of nitriles is 1. The second kappa shape index (κ2) is 10.2. The van der Waals surface area contributed by atoms with E-state index >= 15 is 0 Å². The fraction of sp³-hybridized carbons (Fsp3) is 0.318. The van der Waals surface area contributed by atoms with E-state index in [1.165, 1.54) is 0 Å². The molecule has 1 fully saturated rings. The first-order chi connectivity index (χ1) is 14.6. The van der Waals surface area contributed by atoms with Gasteiger partial charge >= 0.3 is 5.97 Å². The number of carbonyl (C=O) groups is 2. The van der Waals surface area contributed by atoms with Crippen LogP contribution in [0.15, 0.2) is 48.5 Å². The molecule has 0 bridgehead atoms. The molecular formula is C22H23N3O5. The summed E-state index contributed by atoms with van der Waals surface area (Å²) in [5, 5.41) is 8.76. The Labute approximate surface area is 175 Å². The van der Waals surface area contributed by atoms with Crippen molar-refractivity contribution in [3.8, 4) is 17.6 Å². The quantitative estimate of drug-likeness (QED) is 0.644. The molecule has 8 nitrogen and oxygen atoms in total. The maximum atomic E-state index is 12.3. The van der Waals surface area contributed by atoms with Crippen LogP contribution in [0.4, 0.5) is 5.69 Å². The summed E-state index contributed by atoms with van der Waals surface area (Å²) in [5.74, 6) is 0.389. The van der Waals surface area contributed by atoms with Crippen molar-refractivity contribution >= 4 is 17.6 Å². The van der Waals surface area contributed by atoms with E-state index in [1.54, 1.807) is 36.3 Å². The SMILES string of the molecule is COc1ccccc1N1CCN(C(=O)COC(=O)COc2ccc(C#N)cc2)CC1. The van der Waals surface area contributed by atoms with E-state index in [4.69, 9.17) is 19.5 Å². The van der Waals surface area contributed by atoms with Crippen LogP contribution in [0.2, 0.25) is 0 Å². The molecule has 1 aliphatic rings. The second-order valence-corrected chi connectivity index (χ2v) is 6.63. The Bertz CT molecular complexity index is 915. The number of hydrogen-bond acceptors (Lipinski definition) is 7. The molecule has 0 spiro atoms. The van der Waals surface area contributed by atoms with E-state index in [-0.39, 0.29) is 19.1 Å². The smallest absolute Gasteiger partial charge is 0.344 e. The van der Waals surface area contributed by atoms with Gasteiger partial charge in [0.15, 0.2) is 13.2 Å². The number of carbonyl (C=O) groups excluding carboxylic acids is 2. The average Bonchev–Trinajstić information content (AvgIpc) is 2.81. The van der Waals surface area contributed by atoms with Crippen molar-refractivity contribution < 1.29 is 23.8 Å². The van der Waals surface area contributed by atoms with Crippen LogP contribution in [-0.4, -0.2) is 63.3 Å². The first-order valence-electron chi connectivity index (χ1n) is 9.55. The molecular weight excluding hydrogens is 386 g/mol. The number of rotatable bonds is 7. The van der Waals surface area contributed by atoms with E-state index in [0.717, 1.165) is 11.4 Å². The number of benzene rings is 2. The number of piperazine rings is 1. The largest absolute Gasteiger partial charge is 0.495 e. The summed E-state index contributed by atoms with van der Waals surface area (Å²) in [6.07, 6.45) is 0. The minimum Gasteiger partial charge on any atom is -0.495 e. The number of esters is 1. The van der Waals surface area contributed by atoms with Crippen LogP contribution in [0.25, 0.3) is 0 Å². The average molecular weight is 409 g/mol. The Morgan fingerprint density at radius 2 is 1.70 bits per heavy atom. The molecule has 3 rings (SSSR count). The summed E-state index contributed by atoms with van der Waals surface area (Å²) in [7, 11) is 1.64. The van der Waals surface area contributed by atoms with Gasteiger partial charge in [0.1, 0.15) is 11.5 Å². The molecule has 1 saturated heterocycles. The molecule has 0 atom stereocenters. The molecule has 0 saturated carbocycles. The maximum Gasteiger partial charge on any atom is 0.344 e. The molecule has 0 aliphatic carbocycles. The highest BCUT2D eigenvalue weighted by molar-refractivity contribution is 5.81. The van der Waals surface area contributed by atoms with Gasteiger partial charge in [0.05, 0.1) is 24.4 Å². The number of amides is 1. The van der Waals surface area contributed by atoms with E-state index < -0.39 is 5.97 Å². The molecule has 0 aromatic heterocycles. The highest BCUT2D eigenvalue weighted by Gasteiger charge is 2.23. The van der Waals surface area contributed by atoms with Crippen molar-refractivity contribution in [1.82, 2.24) is 4.90 Å². The van der Waals surface area contributed by atoms with Gasteiger partial charge in [0.2, 0.25) is 0 Å². The number of methoxy groups -OCH3 is 1. The van der Waals surface area contributed by atoms with E-state index in [9.17, 15) is 9.59 Å². The lowest BCUT2D eigenvalue weighted by Crippen LogP contribution is -2.50. The van der Waals surface area contributed by atoms with Crippen LogP contribution in [0, 0.1) is 11.3 Å². The lowest BCUT2D eigenvalue weighted by molar-refractivity contribution is -0.153. The zero-order chi connectivity index (χ0) is 21.3. The third-order valence-electron chi connectivity index (χ3n) is 4.75. The minimum absolute atomic E-state index is 0.235. The van der Waals surface area contributed by atoms with Crippen LogP contribution in [0.3, 0.4) is 0 Å². The summed E-state index contributed by atoms with van der Waals surface area (Å²) in [6, 6.07) is 16.1. The fourth-order valence-electron chi connectivity index (χ4n) is 3.13. The van der Waals surface area contributed by atoms with Gasteiger partial charge in [0.25, 0.3) is 5.91 Å². The standard InChI is InChI=1S/C22H23N3O5/c1-28-20-5-3-2-4-19(20)24-10-12-25(13-11-24)21(26)15-30-22(27)16-29-18-8-6-17(14-23)7-9-18/h2-9H,10-13,15-16H2,1H3. The minimum atomic E-state index is -0.625. The van der Waals surface area contributed by atoms with Gasteiger partial charge in [-0.05, 0) is 36.4 Å². The van der Waals surface area contributed by atoms with Gasteiger partial charge in [-0.15, -0.1) is 0 Å². The van der Waals surface area contributed by atoms with Gasteiger partial charge < -0.3 is 24.0 Å². The van der Waals surface area contributed by atoms with Crippen molar-refractivity contribution in [3.63, 3.8) is 0 Å². The van der Waals surface area contributed by atoms with E-state index in [0.29, 0.717) is 37.5 Å². The Balaban J connectivity index is 1.40. The second-order valence-electron chi connectivity index (χ2n) is 6.63. The highest BCUT2D eigenvalue weighted by atomic mass is 16.6. The molecule has 30 heavy (non-hydrogen) atoms. The molecule has 2 aromatic carbocycles. The third-order valence-corrected chi connectivity index (χ3v) is 4.75. The topological polar surface area (TPSA) is 92.1 Å². The molecule has 8 heteroatoms. The molecule has 0 unspecified atom stereocenters. The lowest BCUT2D eigenvalue weighted by atomic mass is 10.2. The number of nitrogens with zero attached hydrogens (tertiary/aromatic N) is 3. The predicted octanol–water partition coefficient (Wildman–Crippen LogP) is 1.84. The van der Waals surface area contributed by atoms with Gasteiger partial charge in [-0.1, -0.05) is 12.1 Å². The summed E-state index contributed by atoms with van der Waals surface area (Å²) in [4.78, 5) is 28.0. The Kier molecular flexibility index (Phi) is 7.11. The molecule has 1 amide bonds. The first kappa shape index (κ1) is 21.0. The van der Waals surface area contributed by atoms with Crippen molar-refractivity contribution in [1.29, 1.82) is 5.26 Å². The van der Waals surface area contributed by atoms with Crippen molar-refractivity contribution in [3.05, 3.63) is 54.1 Å². The van der Waals surface area contributed by atoms with Crippen molar-refractivity contribution in [2.24, 2.45) is 0 Å². The van der Waals surface area contributed by atoms with E-state index in [2.05, 4.69) is 4.90 Å². The fourth-order valence-corrected chi connectivity index (χ4v) is 3.13. The molecule has 2 aromatic rings. The monoisotopic (exact) mass is 409 g/mol. The lowest BCUT2D eigenvalue weighted by Gasteiger charge is -2.36. The number of para-hydroxylation sites is 2. The number of hydrogen-bond donors (Lipinski definition) is 0. The third kappa shape index (κ3) is 5.41. The van der Waals surface area contributed by atoms with Gasteiger partial charge in [-0.3, -0.25) is 4.79 Å². The normalized spacial score (nSPS) is 13.3. The first-order valence-corrected chi connectivity index (χ1v) is 9.55. The van der Waals surface area contributed by atoms with Crippen LogP contribution in [0.5, 0.6) is 11.5 Å². The van der Waals surface area contributed by atoms with Gasteiger partial charge in [0, 0.05) is 26.2 Å². The number of anilines is 1. The summed E-state index contributed by atoms with van der Waals surface area (Å²) < 4.78 is 15.7. The zero-order valence-electron chi connectivity index (χ0n) is 16.7. The Morgan fingerprint density at radius 1 is 1.00 bits per heavy atom. The summed E-state index contributed by atoms with van der Waals surface area (Å²) >= 11 is 0. The molecule has 1 aliphatic heterocycles.